The number of ether oxygens (including phenoxy) is 1. The molecule has 36 heavy (non-hydrogen) atoms. The largest absolute Gasteiger partial charge is 0.496 e. The van der Waals surface area contributed by atoms with E-state index in [1.807, 2.05) is 60.7 Å². The average Bonchev–Trinajstić information content (AvgIpc) is 2.95. The van der Waals surface area contributed by atoms with Crippen LogP contribution in [0, 0.1) is 0 Å². The molecular weight excluding hydrogens is 452 g/mol. The molecule has 0 aliphatic rings. The minimum absolute atomic E-state index is 0.311. The maximum Gasteiger partial charge on any atom is 0.273 e. The molecule has 0 saturated heterocycles. The molecule has 7 heteroatoms. The third kappa shape index (κ3) is 4.63. The van der Waals surface area contributed by atoms with Gasteiger partial charge in [0.1, 0.15) is 5.75 Å². The van der Waals surface area contributed by atoms with Gasteiger partial charge in [-0.1, -0.05) is 72.8 Å². The van der Waals surface area contributed by atoms with Crippen molar-refractivity contribution in [2.75, 3.05) is 7.11 Å². The number of benzene rings is 4. The number of aromatic nitrogens is 2. The number of carbonyl (C=O) groups excluding carboxylic acids is 2. The first-order valence-electron chi connectivity index (χ1n) is 11.3. The number of hydrogen-bond donors (Lipinski definition) is 2. The smallest absolute Gasteiger partial charge is 0.273 e. The van der Waals surface area contributed by atoms with Crippen LogP contribution in [0.2, 0.25) is 0 Å². The fourth-order valence-electron chi connectivity index (χ4n) is 3.88. The Bertz CT molecular complexity index is 1550. The number of rotatable bonds is 5. The van der Waals surface area contributed by atoms with Crippen molar-refractivity contribution < 1.29 is 14.3 Å². The van der Waals surface area contributed by atoms with E-state index < -0.39 is 11.8 Å². The van der Waals surface area contributed by atoms with Crippen LogP contribution >= 0.6 is 0 Å². The zero-order valence-corrected chi connectivity index (χ0v) is 19.4. The summed E-state index contributed by atoms with van der Waals surface area (Å²) in [6, 6.07) is 31.5. The van der Waals surface area contributed by atoms with Crippen LogP contribution in [0.15, 0.2) is 103 Å². The van der Waals surface area contributed by atoms with E-state index in [1.54, 1.807) is 42.5 Å². The van der Waals surface area contributed by atoms with E-state index in [-0.39, 0.29) is 0 Å². The van der Waals surface area contributed by atoms with Crippen LogP contribution in [0.1, 0.15) is 20.7 Å². The maximum absolute atomic E-state index is 12.8. The number of amides is 2. The quantitative estimate of drug-likeness (QED) is 0.348. The first-order valence-corrected chi connectivity index (χ1v) is 11.3. The normalized spacial score (nSPS) is 10.6. The molecule has 0 unspecified atom stereocenters. The van der Waals surface area contributed by atoms with Gasteiger partial charge in [0.05, 0.1) is 35.1 Å². The fourth-order valence-corrected chi connectivity index (χ4v) is 3.88. The molecule has 0 atom stereocenters. The van der Waals surface area contributed by atoms with Crippen molar-refractivity contribution in [1.82, 2.24) is 20.8 Å². The minimum atomic E-state index is -0.486. The number of hydrogen-bond acceptors (Lipinski definition) is 5. The van der Waals surface area contributed by atoms with Gasteiger partial charge in [0.25, 0.3) is 11.8 Å². The summed E-state index contributed by atoms with van der Waals surface area (Å²) >= 11 is 0. The van der Waals surface area contributed by atoms with Crippen molar-refractivity contribution in [2.24, 2.45) is 0 Å². The molecule has 176 valence electrons. The predicted molar refractivity (Wildman–Crippen MR) is 138 cm³/mol. The molecule has 5 aromatic rings. The average molecular weight is 475 g/mol. The number of fused-ring (bicyclic) bond motifs is 1. The van der Waals surface area contributed by atoms with Crippen LogP contribution in [-0.4, -0.2) is 28.9 Å². The first-order chi connectivity index (χ1) is 17.6. The molecule has 2 amide bonds. The van der Waals surface area contributed by atoms with Gasteiger partial charge in [-0.3, -0.25) is 20.4 Å². The van der Waals surface area contributed by atoms with Crippen molar-refractivity contribution in [1.29, 1.82) is 0 Å². The Labute approximate surface area is 207 Å². The Morgan fingerprint density at radius 3 is 1.83 bits per heavy atom. The summed E-state index contributed by atoms with van der Waals surface area (Å²) in [6.07, 6.45) is 0. The zero-order valence-electron chi connectivity index (χ0n) is 19.4. The van der Waals surface area contributed by atoms with Crippen LogP contribution in [0.3, 0.4) is 0 Å². The van der Waals surface area contributed by atoms with Gasteiger partial charge < -0.3 is 4.74 Å². The third-order valence-corrected chi connectivity index (χ3v) is 5.66. The highest BCUT2D eigenvalue weighted by molar-refractivity contribution is 6.02. The second-order valence-corrected chi connectivity index (χ2v) is 7.96. The maximum atomic E-state index is 12.8. The molecule has 0 aliphatic carbocycles. The van der Waals surface area contributed by atoms with Gasteiger partial charge in [-0.2, -0.15) is 0 Å². The monoisotopic (exact) mass is 474 g/mol. The standard InChI is InChI=1S/C29H22N4O3/c1-36-25-15-9-8-14-22(25)29(35)33-32-28(34)21-16-17-23-24(18-21)31-27(20-12-6-3-7-13-20)26(30-23)19-10-4-2-5-11-19/h2-18H,1H3,(H,32,34)(H,33,35). The molecule has 0 radical (unpaired) electrons. The van der Waals surface area contributed by atoms with Crippen molar-refractivity contribution in [3.8, 4) is 28.3 Å². The van der Waals surface area contributed by atoms with Crippen LogP contribution in [0.4, 0.5) is 0 Å². The van der Waals surface area contributed by atoms with E-state index in [0.29, 0.717) is 27.9 Å². The molecule has 5 rings (SSSR count). The van der Waals surface area contributed by atoms with Gasteiger partial charge in [0.2, 0.25) is 0 Å². The van der Waals surface area contributed by atoms with Crippen LogP contribution in [0.5, 0.6) is 5.75 Å². The molecule has 0 spiro atoms. The predicted octanol–water partition coefficient (Wildman–Crippen LogP) is 5.05. The zero-order chi connectivity index (χ0) is 24.9. The highest BCUT2D eigenvalue weighted by atomic mass is 16.5. The van der Waals surface area contributed by atoms with Crippen molar-refractivity contribution in [3.63, 3.8) is 0 Å². The Hall–Kier alpha value is -5.04. The lowest BCUT2D eigenvalue weighted by molar-refractivity contribution is 0.0845. The molecule has 0 saturated carbocycles. The summed E-state index contributed by atoms with van der Waals surface area (Å²) in [4.78, 5) is 35.1. The van der Waals surface area contributed by atoms with Gasteiger partial charge in [-0.15, -0.1) is 0 Å². The van der Waals surface area contributed by atoms with E-state index in [9.17, 15) is 9.59 Å². The van der Waals surface area contributed by atoms with Crippen molar-refractivity contribution in [2.45, 2.75) is 0 Å². The molecule has 4 aromatic carbocycles. The molecule has 0 aliphatic heterocycles. The Kier molecular flexibility index (Phi) is 6.36. The lowest BCUT2D eigenvalue weighted by Crippen LogP contribution is -2.41. The lowest BCUT2D eigenvalue weighted by atomic mass is 10.0. The second kappa shape index (κ2) is 10.1. The van der Waals surface area contributed by atoms with Gasteiger partial charge in [-0.25, -0.2) is 9.97 Å². The van der Waals surface area contributed by atoms with Crippen LogP contribution in [-0.2, 0) is 0 Å². The molecular formula is C29H22N4O3. The van der Waals surface area contributed by atoms with Gasteiger partial charge >= 0.3 is 0 Å². The third-order valence-electron chi connectivity index (χ3n) is 5.66. The number of nitrogens with zero attached hydrogens (tertiary/aromatic N) is 2. The van der Waals surface area contributed by atoms with Gasteiger partial charge in [0, 0.05) is 16.7 Å². The summed E-state index contributed by atoms with van der Waals surface area (Å²) in [5.41, 5.74) is 10.1. The first kappa shape index (κ1) is 22.7. The Morgan fingerprint density at radius 1 is 0.639 bits per heavy atom. The number of nitrogens with one attached hydrogen (secondary N) is 2. The fraction of sp³-hybridized carbons (Fsp3) is 0.0345. The van der Waals surface area contributed by atoms with E-state index >= 15 is 0 Å². The summed E-state index contributed by atoms with van der Waals surface area (Å²) in [5.74, 6) is -0.552. The summed E-state index contributed by atoms with van der Waals surface area (Å²) in [6.45, 7) is 0. The van der Waals surface area contributed by atoms with E-state index in [0.717, 1.165) is 22.5 Å². The lowest BCUT2D eigenvalue weighted by Gasteiger charge is -2.12. The molecule has 0 bridgehead atoms. The van der Waals surface area contributed by atoms with Gasteiger partial charge in [0.15, 0.2) is 0 Å². The molecule has 1 heterocycles. The van der Waals surface area contributed by atoms with Gasteiger partial charge in [-0.05, 0) is 30.3 Å². The number of methoxy groups -OCH3 is 1. The van der Waals surface area contributed by atoms with Crippen LogP contribution in [0.25, 0.3) is 33.5 Å². The van der Waals surface area contributed by atoms with Crippen molar-refractivity contribution >= 4 is 22.8 Å². The van der Waals surface area contributed by atoms with Crippen molar-refractivity contribution in [3.05, 3.63) is 114 Å². The van der Waals surface area contributed by atoms with E-state index in [2.05, 4.69) is 10.9 Å². The highest BCUT2D eigenvalue weighted by Gasteiger charge is 2.16. The number of hydrazine groups is 1. The highest BCUT2D eigenvalue weighted by Crippen LogP contribution is 2.31. The molecule has 7 nitrogen and oxygen atoms in total. The SMILES string of the molecule is COc1ccccc1C(=O)NNC(=O)c1ccc2nc(-c3ccccc3)c(-c3ccccc3)nc2c1. The molecule has 1 aromatic heterocycles. The summed E-state index contributed by atoms with van der Waals surface area (Å²) in [5, 5.41) is 0. The van der Waals surface area contributed by atoms with Crippen LogP contribution < -0.4 is 15.6 Å². The Morgan fingerprint density at radius 2 is 1.19 bits per heavy atom. The van der Waals surface area contributed by atoms with E-state index in [1.165, 1.54) is 7.11 Å². The number of para-hydroxylation sites is 1. The second-order valence-electron chi connectivity index (χ2n) is 7.96. The van der Waals surface area contributed by atoms with E-state index in [4.69, 9.17) is 14.7 Å². The molecule has 2 N–H and O–H groups in total. The minimum Gasteiger partial charge on any atom is -0.496 e. The molecule has 0 fully saturated rings. The Balaban J connectivity index is 1.46. The summed E-state index contributed by atoms with van der Waals surface area (Å²) in [7, 11) is 1.48. The summed E-state index contributed by atoms with van der Waals surface area (Å²) < 4.78 is 5.21. The number of carbonyl (C=O) groups is 2. The topological polar surface area (TPSA) is 93.2 Å².